The first-order valence-corrected chi connectivity index (χ1v) is 7.44. The molecule has 0 spiro atoms. The van der Waals surface area contributed by atoms with Gasteiger partial charge in [0.1, 0.15) is 11.4 Å². The minimum Gasteiger partial charge on any atom is -0.496 e. The summed E-state index contributed by atoms with van der Waals surface area (Å²) in [4.78, 5) is 24.1. The average Bonchev–Trinajstić information content (AvgIpc) is 3.08. The van der Waals surface area contributed by atoms with E-state index in [1.54, 1.807) is 42.5 Å². The molecular formula is C18H16N2O5. The number of rotatable bonds is 5. The zero-order chi connectivity index (χ0) is 17.8. The van der Waals surface area contributed by atoms with Crippen molar-refractivity contribution in [2.75, 3.05) is 13.9 Å². The first-order valence-electron chi connectivity index (χ1n) is 7.44. The summed E-state index contributed by atoms with van der Waals surface area (Å²) in [7, 11) is 1.46. The number of hydrogen-bond donors (Lipinski definition) is 2. The lowest BCUT2D eigenvalue weighted by atomic mass is 10.1. The molecule has 25 heavy (non-hydrogen) atoms. The minimum absolute atomic E-state index is 0.0465. The third kappa shape index (κ3) is 3.55. The third-order valence-electron chi connectivity index (χ3n) is 3.57. The van der Waals surface area contributed by atoms with Crippen LogP contribution in [0, 0.1) is 0 Å². The highest BCUT2D eigenvalue weighted by Gasteiger charge is 2.17. The van der Waals surface area contributed by atoms with Gasteiger partial charge in [-0.15, -0.1) is 0 Å². The fourth-order valence-corrected chi connectivity index (χ4v) is 2.36. The second kappa shape index (κ2) is 6.96. The number of primary amides is 1. The average molecular weight is 340 g/mol. The van der Waals surface area contributed by atoms with Gasteiger partial charge in [-0.25, -0.2) is 0 Å². The molecule has 128 valence electrons. The number of fused-ring (bicyclic) bond motifs is 1. The number of hydrogen-bond acceptors (Lipinski definition) is 5. The number of ether oxygens (including phenoxy) is 3. The van der Waals surface area contributed by atoms with E-state index in [4.69, 9.17) is 19.9 Å². The van der Waals surface area contributed by atoms with Crippen molar-refractivity contribution < 1.29 is 23.8 Å². The van der Waals surface area contributed by atoms with Gasteiger partial charge in [0.25, 0.3) is 11.8 Å². The molecule has 3 rings (SSSR count). The van der Waals surface area contributed by atoms with Gasteiger partial charge in [0.15, 0.2) is 11.5 Å². The molecular weight excluding hydrogens is 324 g/mol. The molecule has 3 N–H and O–H groups in total. The highest BCUT2D eigenvalue weighted by Crippen LogP contribution is 2.33. The Morgan fingerprint density at radius 1 is 1.16 bits per heavy atom. The van der Waals surface area contributed by atoms with Gasteiger partial charge >= 0.3 is 0 Å². The zero-order valence-corrected chi connectivity index (χ0v) is 13.4. The van der Waals surface area contributed by atoms with E-state index in [0.717, 1.165) is 0 Å². The second-order valence-corrected chi connectivity index (χ2v) is 5.19. The van der Waals surface area contributed by atoms with Gasteiger partial charge in [0.2, 0.25) is 6.79 Å². The van der Waals surface area contributed by atoms with Crippen LogP contribution >= 0.6 is 0 Å². The fourth-order valence-electron chi connectivity index (χ4n) is 2.36. The van der Waals surface area contributed by atoms with Gasteiger partial charge in [-0.3, -0.25) is 9.59 Å². The number of nitrogens with one attached hydrogen (secondary N) is 1. The van der Waals surface area contributed by atoms with E-state index in [2.05, 4.69) is 5.32 Å². The molecule has 1 heterocycles. The number of amides is 2. The van der Waals surface area contributed by atoms with Gasteiger partial charge in [-0.1, -0.05) is 18.2 Å². The summed E-state index contributed by atoms with van der Waals surface area (Å²) in [5.74, 6) is 0.320. The van der Waals surface area contributed by atoms with Gasteiger partial charge in [0, 0.05) is 0 Å². The molecule has 7 heteroatoms. The molecule has 0 radical (unpaired) electrons. The molecule has 0 bridgehead atoms. The summed E-state index contributed by atoms with van der Waals surface area (Å²) in [6, 6.07) is 11.8. The Bertz CT molecular complexity index is 860. The van der Waals surface area contributed by atoms with E-state index in [1.807, 2.05) is 0 Å². The number of para-hydroxylation sites is 1. The molecule has 2 amide bonds. The largest absolute Gasteiger partial charge is 0.496 e. The van der Waals surface area contributed by atoms with Crippen LogP contribution in [0.2, 0.25) is 0 Å². The lowest BCUT2D eigenvalue weighted by Gasteiger charge is -2.10. The Labute approximate surface area is 144 Å². The maximum absolute atomic E-state index is 12.4. The first kappa shape index (κ1) is 16.4. The number of carbonyl (C=O) groups is 2. The number of methoxy groups -OCH3 is 1. The Morgan fingerprint density at radius 3 is 2.68 bits per heavy atom. The first-order chi connectivity index (χ1) is 12.1. The van der Waals surface area contributed by atoms with E-state index in [1.165, 1.54) is 13.2 Å². The maximum Gasteiger partial charge on any atom is 0.265 e. The van der Waals surface area contributed by atoms with Crippen molar-refractivity contribution in [2.24, 2.45) is 5.73 Å². The zero-order valence-electron chi connectivity index (χ0n) is 13.4. The van der Waals surface area contributed by atoms with Crippen molar-refractivity contribution in [3.63, 3.8) is 0 Å². The lowest BCUT2D eigenvalue weighted by molar-refractivity contribution is -0.114. The molecule has 1 aliphatic heterocycles. The molecule has 0 fully saturated rings. The maximum atomic E-state index is 12.4. The number of benzene rings is 2. The van der Waals surface area contributed by atoms with Crippen LogP contribution in [0.15, 0.2) is 48.2 Å². The molecule has 2 aromatic rings. The Kier molecular flexibility index (Phi) is 4.56. The van der Waals surface area contributed by atoms with Crippen molar-refractivity contribution in [1.82, 2.24) is 5.32 Å². The van der Waals surface area contributed by atoms with Crippen molar-refractivity contribution >= 4 is 17.9 Å². The molecule has 1 aliphatic rings. The van der Waals surface area contributed by atoms with Crippen LogP contribution in [-0.2, 0) is 4.79 Å². The van der Waals surface area contributed by atoms with Crippen LogP contribution in [-0.4, -0.2) is 25.7 Å². The lowest BCUT2D eigenvalue weighted by Crippen LogP contribution is -2.31. The van der Waals surface area contributed by atoms with Crippen molar-refractivity contribution in [3.8, 4) is 17.2 Å². The predicted molar refractivity (Wildman–Crippen MR) is 90.2 cm³/mol. The normalized spacial score (nSPS) is 12.6. The van der Waals surface area contributed by atoms with Gasteiger partial charge in [-0.05, 0) is 35.9 Å². The van der Waals surface area contributed by atoms with Crippen LogP contribution in [0.1, 0.15) is 15.9 Å². The quantitative estimate of drug-likeness (QED) is 0.807. The Balaban J connectivity index is 1.86. The van der Waals surface area contributed by atoms with E-state index in [0.29, 0.717) is 28.4 Å². The smallest absolute Gasteiger partial charge is 0.265 e. The summed E-state index contributed by atoms with van der Waals surface area (Å²) < 4.78 is 15.7. The summed E-state index contributed by atoms with van der Waals surface area (Å²) in [5, 5.41) is 2.52. The Hall–Kier alpha value is -3.48. The van der Waals surface area contributed by atoms with Crippen molar-refractivity contribution in [3.05, 3.63) is 59.3 Å². The van der Waals surface area contributed by atoms with Gasteiger partial charge < -0.3 is 25.3 Å². The molecule has 0 aliphatic carbocycles. The molecule has 0 atom stereocenters. The highest BCUT2D eigenvalue weighted by molar-refractivity contribution is 6.05. The summed E-state index contributed by atoms with van der Waals surface area (Å²) >= 11 is 0. The van der Waals surface area contributed by atoms with Crippen LogP contribution in [0.5, 0.6) is 17.2 Å². The van der Waals surface area contributed by atoms with E-state index in [-0.39, 0.29) is 12.5 Å². The molecule has 0 unspecified atom stereocenters. The van der Waals surface area contributed by atoms with E-state index >= 15 is 0 Å². The predicted octanol–water partition coefficient (Wildman–Crippen LogP) is 1.68. The van der Waals surface area contributed by atoms with Crippen LogP contribution in [0.3, 0.4) is 0 Å². The topological polar surface area (TPSA) is 99.9 Å². The number of nitrogens with two attached hydrogens (primary N) is 1. The van der Waals surface area contributed by atoms with Crippen molar-refractivity contribution in [2.45, 2.75) is 0 Å². The monoisotopic (exact) mass is 340 g/mol. The van der Waals surface area contributed by atoms with Crippen molar-refractivity contribution in [1.29, 1.82) is 0 Å². The highest BCUT2D eigenvalue weighted by atomic mass is 16.7. The van der Waals surface area contributed by atoms with E-state index < -0.39 is 11.8 Å². The van der Waals surface area contributed by atoms with Crippen LogP contribution in [0.4, 0.5) is 0 Å². The molecule has 7 nitrogen and oxygen atoms in total. The fraction of sp³-hybridized carbons (Fsp3) is 0.111. The molecule has 0 saturated heterocycles. The van der Waals surface area contributed by atoms with Gasteiger partial charge in [-0.2, -0.15) is 0 Å². The summed E-state index contributed by atoms with van der Waals surface area (Å²) in [6.07, 6.45) is 1.47. The summed E-state index contributed by atoms with van der Waals surface area (Å²) in [6.45, 7) is 0.149. The minimum atomic E-state index is -0.763. The Morgan fingerprint density at radius 2 is 1.92 bits per heavy atom. The van der Waals surface area contributed by atoms with Crippen LogP contribution < -0.4 is 25.3 Å². The third-order valence-corrected chi connectivity index (χ3v) is 3.57. The number of carbonyl (C=O) groups excluding carboxylic acids is 2. The molecule has 2 aromatic carbocycles. The SMILES string of the molecule is COc1ccccc1C(=O)N/C(=C\c1ccc2c(c1)OCO2)C(N)=O. The standard InChI is InChI=1S/C18H16N2O5/c1-23-14-5-3-2-4-12(14)18(22)20-13(17(19)21)8-11-6-7-15-16(9-11)25-10-24-15/h2-9H,10H2,1H3,(H2,19,21)(H,20,22)/b13-8-. The van der Waals surface area contributed by atoms with Gasteiger partial charge in [0.05, 0.1) is 12.7 Å². The molecule has 0 saturated carbocycles. The van der Waals surface area contributed by atoms with Crippen LogP contribution in [0.25, 0.3) is 6.08 Å². The van der Waals surface area contributed by atoms with E-state index in [9.17, 15) is 9.59 Å². The summed E-state index contributed by atoms with van der Waals surface area (Å²) in [5.41, 5.74) is 6.27. The molecule has 0 aromatic heterocycles. The second-order valence-electron chi connectivity index (χ2n) is 5.19.